The Morgan fingerprint density at radius 3 is 2.86 bits per heavy atom. The van der Waals surface area contributed by atoms with Crippen molar-refractivity contribution in [3.8, 4) is 0 Å². The second-order valence-corrected chi connectivity index (χ2v) is 6.11. The molecular weight excluding hydrogens is 333 g/mol. The lowest BCUT2D eigenvalue weighted by atomic mass is 10.1. The summed E-state index contributed by atoms with van der Waals surface area (Å²) in [6.07, 6.45) is 0. The molecule has 0 unspecified atom stereocenters. The van der Waals surface area contributed by atoms with Crippen molar-refractivity contribution in [1.82, 2.24) is 25.5 Å². The molecule has 6 nitrogen and oxygen atoms in total. The zero-order valence-electron chi connectivity index (χ0n) is 11.4. The maximum Gasteiger partial charge on any atom is 0.230 e. The SMILES string of the molecule is C[C@@H](NC(=O)CSc1nnnn1C)c1ccc(Cl)cc1Cl. The molecule has 21 heavy (non-hydrogen) atoms. The van der Waals surface area contributed by atoms with E-state index in [-0.39, 0.29) is 17.7 Å². The molecule has 0 saturated heterocycles. The van der Waals surface area contributed by atoms with Crippen LogP contribution in [-0.4, -0.2) is 31.9 Å². The zero-order chi connectivity index (χ0) is 15.4. The first-order chi connectivity index (χ1) is 9.97. The highest BCUT2D eigenvalue weighted by atomic mass is 35.5. The van der Waals surface area contributed by atoms with Gasteiger partial charge in [-0.15, -0.1) is 5.10 Å². The first-order valence-corrected chi connectivity index (χ1v) is 7.81. The molecule has 0 aliphatic rings. The first kappa shape index (κ1) is 16.1. The molecule has 1 N–H and O–H groups in total. The van der Waals surface area contributed by atoms with Gasteiger partial charge in [-0.25, -0.2) is 4.68 Å². The Balaban J connectivity index is 1.91. The van der Waals surface area contributed by atoms with E-state index in [1.54, 1.807) is 25.2 Å². The van der Waals surface area contributed by atoms with Gasteiger partial charge in [-0.1, -0.05) is 41.0 Å². The van der Waals surface area contributed by atoms with Crippen molar-refractivity contribution in [2.45, 2.75) is 18.1 Å². The predicted molar refractivity (Wildman–Crippen MR) is 82.5 cm³/mol. The molecule has 0 saturated carbocycles. The number of hydrogen-bond donors (Lipinski definition) is 1. The van der Waals surface area contributed by atoms with Crippen molar-refractivity contribution in [3.63, 3.8) is 0 Å². The van der Waals surface area contributed by atoms with Gasteiger partial charge in [-0.3, -0.25) is 4.79 Å². The van der Waals surface area contributed by atoms with E-state index in [2.05, 4.69) is 20.8 Å². The molecule has 9 heteroatoms. The van der Waals surface area contributed by atoms with E-state index in [0.29, 0.717) is 15.2 Å². The van der Waals surface area contributed by atoms with Crippen molar-refractivity contribution in [2.75, 3.05) is 5.75 Å². The van der Waals surface area contributed by atoms with Crippen molar-refractivity contribution in [1.29, 1.82) is 0 Å². The molecule has 2 aromatic rings. The number of carbonyl (C=O) groups excluding carboxylic acids is 1. The summed E-state index contributed by atoms with van der Waals surface area (Å²) >= 11 is 13.2. The summed E-state index contributed by atoms with van der Waals surface area (Å²) in [7, 11) is 1.72. The minimum absolute atomic E-state index is 0.124. The standard InChI is InChI=1S/C12H13Cl2N5OS/c1-7(9-4-3-8(13)5-10(9)14)15-11(20)6-21-12-16-17-18-19(12)2/h3-5,7H,6H2,1-2H3,(H,15,20)/t7-/m1/s1. The number of amides is 1. The van der Waals surface area contributed by atoms with Crippen LogP contribution in [0, 0.1) is 0 Å². The summed E-state index contributed by atoms with van der Waals surface area (Å²) in [4.78, 5) is 11.9. The lowest BCUT2D eigenvalue weighted by molar-refractivity contribution is -0.119. The number of benzene rings is 1. The third-order valence-corrected chi connectivity index (χ3v) is 4.29. The number of hydrogen-bond acceptors (Lipinski definition) is 5. The Morgan fingerprint density at radius 2 is 2.24 bits per heavy atom. The number of aromatic nitrogens is 4. The number of tetrazole rings is 1. The average molecular weight is 346 g/mol. The number of aryl methyl sites for hydroxylation is 1. The van der Waals surface area contributed by atoms with Crippen LogP contribution in [0.4, 0.5) is 0 Å². The lowest BCUT2D eigenvalue weighted by Crippen LogP contribution is -2.28. The lowest BCUT2D eigenvalue weighted by Gasteiger charge is -2.15. The normalized spacial score (nSPS) is 12.2. The Morgan fingerprint density at radius 1 is 1.48 bits per heavy atom. The third-order valence-electron chi connectivity index (χ3n) is 2.72. The quantitative estimate of drug-likeness (QED) is 0.842. The fourth-order valence-electron chi connectivity index (χ4n) is 1.69. The van der Waals surface area contributed by atoms with E-state index in [4.69, 9.17) is 23.2 Å². The number of carbonyl (C=O) groups is 1. The fourth-order valence-corrected chi connectivity index (χ4v) is 2.92. The predicted octanol–water partition coefficient (Wildman–Crippen LogP) is 2.49. The summed E-state index contributed by atoms with van der Waals surface area (Å²) in [6, 6.07) is 4.99. The minimum atomic E-state index is -0.208. The summed E-state index contributed by atoms with van der Waals surface area (Å²) in [5.41, 5.74) is 0.819. The maximum atomic E-state index is 11.9. The van der Waals surface area contributed by atoms with Crippen LogP contribution in [0.15, 0.2) is 23.4 Å². The Hall–Kier alpha value is -1.31. The van der Waals surface area contributed by atoms with Gasteiger partial charge in [-0.05, 0) is 35.0 Å². The molecule has 0 aliphatic heterocycles. The van der Waals surface area contributed by atoms with Gasteiger partial charge in [-0.2, -0.15) is 0 Å². The molecule has 0 fully saturated rings. The number of nitrogens with one attached hydrogen (secondary N) is 1. The van der Waals surface area contributed by atoms with Crippen molar-refractivity contribution >= 4 is 40.9 Å². The van der Waals surface area contributed by atoms with E-state index in [1.807, 2.05) is 6.92 Å². The minimum Gasteiger partial charge on any atom is -0.349 e. The van der Waals surface area contributed by atoms with E-state index in [1.165, 1.54) is 16.4 Å². The van der Waals surface area contributed by atoms with Gasteiger partial charge in [0.15, 0.2) is 0 Å². The average Bonchev–Trinajstić information content (AvgIpc) is 2.81. The van der Waals surface area contributed by atoms with E-state index in [9.17, 15) is 4.79 Å². The van der Waals surface area contributed by atoms with Crippen LogP contribution in [0.1, 0.15) is 18.5 Å². The van der Waals surface area contributed by atoms with Crippen LogP contribution in [0.5, 0.6) is 0 Å². The van der Waals surface area contributed by atoms with Gasteiger partial charge in [0.05, 0.1) is 11.8 Å². The molecule has 1 atom stereocenters. The number of halogens is 2. The third kappa shape index (κ3) is 4.33. The summed E-state index contributed by atoms with van der Waals surface area (Å²) in [6.45, 7) is 1.86. The molecule has 1 amide bonds. The number of rotatable bonds is 5. The molecule has 1 heterocycles. The van der Waals surface area contributed by atoms with Crippen LogP contribution >= 0.6 is 35.0 Å². The van der Waals surface area contributed by atoms with E-state index < -0.39 is 0 Å². The van der Waals surface area contributed by atoms with Crippen LogP contribution in [0.25, 0.3) is 0 Å². The molecule has 112 valence electrons. The highest BCUT2D eigenvalue weighted by Gasteiger charge is 2.14. The van der Waals surface area contributed by atoms with Gasteiger partial charge in [0.2, 0.25) is 11.1 Å². The Bertz CT molecular complexity index is 648. The summed E-state index contributed by atoms with van der Waals surface area (Å²) in [5, 5.41) is 15.6. The van der Waals surface area contributed by atoms with Gasteiger partial charge in [0.1, 0.15) is 0 Å². The Kier molecular flexibility index (Phi) is 5.44. The summed E-state index contributed by atoms with van der Waals surface area (Å²) < 4.78 is 1.51. The zero-order valence-corrected chi connectivity index (χ0v) is 13.7. The van der Waals surface area contributed by atoms with Gasteiger partial charge < -0.3 is 5.32 Å². The van der Waals surface area contributed by atoms with Gasteiger partial charge >= 0.3 is 0 Å². The highest BCUT2D eigenvalue weighted by molar-refractivity contribution is 7.99. The van der Waals surface area contributed by atoms with E-state index >= 15 is 0 Å². The molecular formula is C12H13Cl2N5OS. The second kappa shape index (κ2) is 7.11. The largest absolute Gasteiger partial charge is 0.349 e. The van der Waals surface area contributed by atoms with Crippen LogP contribution in [0.2, 0.25) is 10.0 Å². The second-order valence-electron chi connectivity index (χ2n) is 4.33. The van der Waals surface area contributed by atoms with Crippen molar-refractivity contribution in [3.05, 3.63) is 33.8 Å². The van der Waals surface area contributed by atoms with Crippen LogP contribution in [-0.2, 0) is 11.8 Å². The Labute approximate surface area is 136 Å². The van der Waals surface area contributed by atoms with Crippen LogP contribution in [0.3, 0.4) is 0 Å². The van der Waals surface area contributed by atoms with Gasteiger partial charge in [0.25, 0.3) is 0 Å². The molecule has 0 aliphatic carbocycles. The maximum absolute atomic E-state index is 11.9. The van der Waals surface area contributed by atoms with Gasteiger partial charge in [0, 0.05) is 17.1 Å². The smallest absolute Gasteiger partial charge is 0.230 e. The highest BCUT2D eigenvalue weighted by Crippen LogP contribution is 2.26. The molecule has 1 aromatic carbocycles. The number of nitrogens with zero attached hydrogens (tertiary/aromatic N) is 4. The van der Waals surface area contributed by atoms with E-state index in [0.717, 1.165) is 5.56 Å². The van der Waals surface area contributed by atoms with Crippen LogP contribution < -0.4 is 5.32 Å². The summed E-state index contributed by atoms with van der Waals surface area (Å²) in [5.74, 6) is 0.102. The molecule has 0 radical (unpaired) electrons. The topological polar surface area (TPSA) is 72.7 Å². The fraction of sp³-hybridized carbons (Fsp3) is 0.333. The first-order valence-electron chi connectivity index (χ1n) is 6.07. The van der Waals surface area contributed by atoms with Crippen molar-refractivity contribution < 1.29 is 4.79 Å². The molecule has 0 bridgehead atoms. The number of thioether (sulfide) groups is 1. The van der Waals surface area contributed by atoms with Crippen molar-refractivity contribution in [2.24, 2.45) is 7.05 Å². The molecule has 0 spiro atoms. The molecule has 1 aromatic heterocycles. The molecule has 2 rings (SSSR count). The monoisotopic (exact) mass is 345 g/mol.